The van der Waals surface area contributed by atoms with Crippen LogP contribution in [0.5, 0.6) is 11.5 Å². The summed E-state index contributed by atoms with van der Waals surface area (Å²) in [6, 6.07) is 11.6. The van der Waals surface area contributed by atoms with E-state index >= 15 is 0 Å². The van der Waals surface area contributed by atoms with Crippen molar-refractivity contribution in [2.24, 2.45) is 0 Å². The number of ether oxygens (including phenoxy) is 2. The number of carbonyl (C=O) groups is 2. The lowest BCUT2D eigenvalue weighted by Crippen LogP contribution is -2.58. The summed E-state index contributed by atoms with van der Waals surface area (Å²) < 4.78 is 23.8. The molecule has 0 aromatic heterocycles. The summed E-state index contributed by atoms with van der Waals surface area (Å²) >= 11 is 0. The highest BCUT2D eigenvalue weighted by molar-refractivity contribution is 5.95. The molecule has 3 heterocycles. The second-order valence-electron chi connectivity index (χ2n) is 8.68. The van der Waals surface area contributed by atoms with Crippen molar-refractivity contribution in [1.29, 1.82) is 0 Å². The van der Waals surface area contributed by atoms with Crippen LogP contribution in [0.25, 0.3) is 0 Å². The van der Waals surface area contributed by atoms with Gasteiger partial charge in [0.25, 0.3) is 5.91 Å². The molecule has 0 saturated carbocycles. The number of nitrogens with one attached hydrogen (secondary N) is 2. The number of carbonyl (C=O) groups excluding carboxylic acids is 2. The van der Waals surface area contributed by atoms with Gasteiger partial charge in [-0.15, -0.1) is 0 Å². The highest BCUT2D eigenvalue weighted by Gasteiger charge is 2.39. The average molecular weight is 439 g/mol. The SMILES string of the molecule is O=C(CN1C2CCCC1CC(NC(=O)c1ccc3c(c1)OCO3)C2)Nc1ccc(F)cc1. The van der Waals surface area contributed by atoms with Gasteiger partial charge in [-0.25, -0.2) is 4.39 Å². The second-order valence-corrected chi connectivity index (χ2v) is 8.68. The fourth-order valence-corrected chi connectivity index (χ4v) is 5.06. The lowest BCUT2D eigenvalue weighted by Gasteiger charge is -2.48. The van der Waals surface area contributed by atoms with E-state index in [2.05, 4.69) is 15.5 Å². The van der Waals surface area contributed by atoms with Crippen molar-refractivity contribution in [1.82, 2.24) is 10.2 Å². The molecule has 2 unspecified atom stereocenters. The molecule has 2 saturated heterocycles. The summed E-state index contributed by atoms with van der Waals surface area (Å²) in [6.07, 6.45) is 4.79. The first-order chi connectivity index (χ1) is 15.5. The molecule has 2 atom stereocenters. The standard InChI is InChI=1S/C24H26FN3O4/c25-16-5-7-17(8-6-16)26-23(29)13-28-19-2-1-3-20(28)12-18(11-19)27-24(30)15-4-9-21-22(10-15)32-14-31-21/h4-10,18-20H,1-3,11-14H2,(H,26,29)(H,27,30). The van der Waals surface area contributed by atoms with Crippen molar-refractivity contribution in [2.45, 2.75) is 50.2 Å². The molecule has 2 N–H and O–H groups in total. The van der Waals surface area contributed by atoms with Crippen molar-refractivity contribution in [2.75, 3.05) is 18.7 Å². The van der Waals surface area contributed by atoms with Gasteiger partial charge in [-0.05, 0) is 68.1 Å². The number of rotatable bonds is 5. The van der Waals surface area contributed by atoms with Crippen LogP contribution in [0.3, 0.4) is 0 Å². The van der Waals surface area contributed by atoms with Crippen LogP contribution in [0.2, 0.25) is 0 Å². The van der Waals surface area contributed by atoms with E-state index in [1.807, 2.05) is 0 Å². The molecule has 3 aliphatic rings. The molecule has 168 valence electrons. The second kappa shape index (κ2) is 8.78. The zero-order chi connectivity index (χ0) is 22.1. The first-order valence-electron chi connectivity index (χ1n) is 11.1. The zero-order valence-corrected chi connectivity index (χ0v) is 17.7. The van der Waals surface area contributed by atoms with Crippen molar-refractivity contribution in [3.8, 4) is 11.5 Å². The maximum atomic E-state index is 13.1. The monoisotopic (exact) mass is 439 g/mol. The van der Waals surface area contributed by atoms with Crippen molar-refractivity contribution in [3.63, 3.8) is 0 Å². The van der Waals surface area contributed by atoms with Crippen LogP contribution >= 0.6 is 0 Å². The van der Waals surface area contributed by atoms with E-state index in [4.69, 9.17) is 9.47 Å². The van der Waals surface area contributed by atoms with E-state index in [9.17, 15) is 14.0 Å². The Hall–Kier alpha value is -3.13. The average Bonchev–Trinajstić information content (AvgIpc) is 3.24. The molecule has 2 fully saturated rings. The normalized spacial score (nSPS) is 24.1. The fourth-order valence-electron chi connectivity index (χ4n) is 5.06. The molecule has 3 aliphatic heterocycles. The van der Waals surface area contributed by atoms with Crippen molar-refractivity contribution in [3.05, 3.63) is 53.8 Å². The molecule has 7 nitrogen and oxygen atoms in total. The molecule has 8 heteroatoms. The number of benzene rings is 2. The molecule has 0 aliphatic carbocycles. The van der Waals surface area contributed by atoms with Gasteiger partial charge in [0.15, 0.2) is 11.5 Å². The summed E-state index contributed by atoms with van der Waals surface area (Å²) in [5.41, 5.74) is 1.15. The van der Waals surface area contributed by atoms with Gasteiger partial charge in [0.05, 0.1) is 6.54 Å². The third-order valence-corrected chi connectivity index (χ3v) is 6.55. The number of nitrogens with zero attached hydrogens (tertiary/aromatic N) is 1. The van der Waals surface area contributed by atoms with Gasteiger partial charge >= 0.3 is 0 Å². The number of piperidine rings is 2. The first-order valence-corrected chi connectivity index (χ1v) is 11.1. The van der Waals surface area contributed by atoms with Crippen LogP contribution in [-0.2, 0) is 4.79 Å². The molecule has 2 aromatic rings. The summed E-state index contributed by atoms with van der Waals surface area (Å²) in [6.45, 7) is 0.479. The van der Waals surface area contributed by atoms with Crippen LogP contribution in [0.4, 0.5) is 10.1 Å². The molecule has 2 bridgehead atoms. The number of hydrogen-bond acceptors (Lipinski definition) is 5. The molecular formula is C24H26FN3O4. The number of anilines is 1. The van der Waals surface area contributed by atoms with Gasteiger partial charge in [-0.3, -0.25) is 14.5 Å². The molecule has 0 spiro atoms. The third kappa shape index (κ3) is 4.41. The molecule has 2 aromatic carbocycles. The van der Waals surface area contributed by atoms with E-state index in [1.165, 1.54) is 12.1 Å². The Labute approximate surface area is 185 Å². The van der Waals surface area contributed by atoms with E-state index in [-0.39, 0.29) is 42.6 Å². The molecular weight excluding hydrogens is 413 g/mol. The maximum Gasteiger partial charge on any atom is 0.251 e. The fraction of sp³-hybridized carbons (Fsp3) is 0.417. The number of amides is 2. The maximum absolute atomic E-state index is 13.1. The van der Waals surface area contributed by atoms with Crippen LogP contribution < -0.4 is 20.1 Å². The Bertz CT molecular complexity index is 999. The topological polar surface area (TPSA) is 79.9 Å². The molecule has 5 rings (SSSR count). The Morgan fingerprint density at radius 2 is 1.72 bits per heavy atom. The minimum atomic E-state index is -0.331. The largest absolute Gasteiger partial charge is 0.454 e. The van der Waals surface area contributed by atoms with Crippen LogP contribution in [0.1, 0.15) is 42.5 Å². The van der Waals surface area contributed by atoms with Crippen LogP contribution in [0, 0.1) is 5.82 Å². The van der Waals surface area contributed by atoms with E-state index < -0.39 is 0 Å². The molecule has 2 amide bonds. The van der Waals surface area contributed by atoms with E-state index in [1.54, 1.807) is 30.3 Å². The smallest absolute Gasteiger partial charge is 0.251 e. The van der Waals surface area contributed by atoms with Gasteiger partial charge in [-0.1, -0.05) is 6.42 Å². The van der Waals surface area contributed by atoms with Gasteiger partial charge in [-0.2, -0.15) is 0 Å². The lowest BCUT2D eigenvalue weighted by atomic mass is 9.81. The van der Waals surface area contributed by atoms with Gasteiger partial charge in [0.1, 0.15) is 5.82 Å². The van der Waals surface area contributed by atoms with Gasteiger partial charge < -0.3 is 20.1 Å². The Kier molecular flexibility index (Phi) is 5.70. The number of fused-ring (bicyclic) bond motifs is 3. The lowest BCUT2D eigenvalue weighted by molar-refractivity contribution is -0.120. The van der Waals surface area contributed by atoms with Crippen LogP contribution in [-0.4, -0.2) is 48.2 Å². The minimum absolute atomic E-state index is 0.0691. The zero-order valence-electron chi connectivity index (χ0n) is 17.7. The highest BCUT2D eigenvalue weighted by Crippen LogP contribution is 2.35. The molecule has 32 heavy (non-hydrogen) atoms. The number of hydrogen-bond donors (Lipinski definition) is 2. The van der Waals surface area contributed by atoms with E-state index in [0.29, 0.717) is 29.3 Å². The highest BCUT2D eigenvalue weighted by atomic mass is 19.1. The minimum Gasteiger partial charge on any atom is -0.454 e. The Morgan fingerprint density at radius 1 is 1.00 bits per heavy atom. The number of halogens is 1. The Morgan fingerprint density at radius 3 is 2.47 bits per heavy atom. The predicted molar refractivity (Wildman–Crippen MR) is 116 cm³/mol. The first kappa shape index (κ1) is 20.8. The van der Waals surface area contributed by atoms with Crippen molar-refractivity contribution < 1.29 is 23.5 Å². The Balaban J connectivity index is 1.19. The van der Waals surface area contributed by atoms with Crippen molar-refractivity contribution >= 4 is 17.5 Å². The van der Waals surface area contributed by atoms with E-state index in [0.717, 1.165) is 32.1 Å². The van der Waals surface area contributed by atoms with Crippen LogP contribution in [0.15, 0.2) is 42.5 Å². The summed E-state index contributed by atoms with van der Waals surface area (Å²) in [5, 5.41) is 6.03. The van der Waals surface area contributed by atoms with Gasteiger partial charge in [0.2, 0.25) is 12.7 Å². The quantitative estimate of drug-likeness (QED) is 0.747. The van der Waals surface area contributed by atoms with Gasteiger partial charge in [0, 0.05) is 29.4 Å². The summed E-state index contributed by atoms with van der Waals surface area (Å²) in [7, 11) is 0. The summed E-state index contributed by atoms with van der Waals surface area (Å²) in [5.74, 6) is 0.701. The molecule has 0 radical (unpaired) electrons. The summed E-state index contributed by atoms with van der Waals surface area (Å²) in [4.78, 5) is 27.7. The third-order valence-electron chi connectivity index (χ3n) is 6.55. The predicted octanol–water partition coefficient (Wildman–Crippen LogP) is 3.31.